The summed E-state index contributed by atoms with van der Waals surface area (Å²) in [5.74, 6) is 2.39. The summed E-state index contributed by atoms with van der Waals surface area (Å²) in [5, 5.41) is 13.8. The molecule has 140 valence electrons. The van der Waals surface area contributed by atoms with Gasteiger partial charge in [-0.05, 0) is 84.9 Å². The molecule has 6 aliphatic rings. The van der Waals surface area contributed by atoms with Crippen LogP contribution in [0.25, 0.3) is 0 Å². The predicted octanol–water partition coefficient (Wildman–Crippen LogP) is 4.46. The number of rotatable bonds is 4. The van der Waals surface area contributed by atoms with Crippen molar-refractivity contribution in [3.63, 3.8) is 0 Å². The third-order valence-corrected chi connectivity index (χ3v) is 10.2. The highest BCUT2D eigenvalue weighted by Gasteiger charge is 2.79. The fourth-order valence-corrected chi connectivity index (χ4v) is 9.52. The average Bonchev–Trinajstić information content (AvgIpc) is 3.12. The number of hydrogen-bond acceptors (Lipinski definition) is 2. The molecular weight excluding hydrogens is 310 g/mol. The standard InChI is InChI=1S/C22H35NO2/c1-13(2)14-6-10-20(3)15-7-11-21-9-4-5-16(21)22(20,12-8-17(24)25)18(14)23-19(15)21/h13-16,18-19,23H,4-12H2,1-3H3,(H,24,25). The summed E-state index contributed by atoms with van der Waals surface area (Å²) in [6.07, 6.45) is 10.9. The van der Waals surface area contributed by atoms with Gasteiger partial charge in [0.1, 0.15) is 0 Å². The minimum atomic E-state index is -0.593. The van der Waals surface area contributed by atoms with Crippen molar-refractivity contribution in [2.75, 3.05) is 0 Å². The van der Waals surface area contributed by atoms with Crippen LogP contribution in [0.5, 0.6) is 0 Å². The van der Waals surface area contributed by atoms with Gasteiger partial charge >= 0.3 is 5.97 Å². The largest absolute Gasteiger partial charge is 0.481 e. The molecule has 8 atom stereocenters. The zero-order valence-electron chi connectivity index (χ0n) is 16.2. The maximum atomic E-state index is 11.6. The van der Waals surface area contributed by atoms with E-state index in [2.05, 4.69) is 26.1 Å². The summed E-state index contributed by atoms with van der Waals surface area (Å²) in [6, 6.07) is 1.28. The smallest absolute Gasteiger partial charge is 0.303 e. The molecular formula is C22H35NO2. The second-order valence-electron chi connectivity index (χ2n) is 10.7. The number of nitrogens with one attached hydrogen (secondary N) is 1. The Bertz CT molecular complexity index is 603. The molecule has 4 aliphatic carbocycles. The van der Waals surface area contributed by atoms with Gasteiger partial charge in [0.25, 0.3) is 0 Å². The normalized spacial score (nSPS) is 55.6. The van der Waals surface area contributed by atoms with Crippen molar-refractivity contribution in [3.05, 3.63) is 0 Å². The second kappa shape index (κ2) is 5.03. The summed E-state index contributed by atoms with van der Waals surface area (Å²) in [6.45, 7) is 7.37. The Morgan fingerprint density at radius 2 is 1.96 bits per heavy atom. The van der Waals surface area contributed by atoms with Crippen LogP contribution in [-0.2, 0) is 4.79 Å². The van der Waals surface area contributed by atoms with Crippen molar-refractivity contribution in [1.29, 1.82) is 0 Å². The number of carboxylic acids is 1. The summed E-state index contributed by atoms with van der Waals surface area (Å²) in [7, 11) is 0. The van der Waals surface area contributed by atoms with Crippen molar-refractivity contribution in [3.8, 4) is 0 Å². The molecule has 6 fully saturated rings. The van der Waals surface area contributed by atoms with Crippen LogP contribution in [0.4, 0.5) is 0 Å². The molecule has 0 aromatic heterocycles. The molecule has 25 heavy (non-hydrogen) atoms. The van der Waals surface area contributed by atoms with E-state index in [1.807, 2.05) is 0 Å². The molecule has 3 heteroatoms. The lowest BCUT2D eigenvalue weighted by atomic mass is 9.33. The number of piperidine rings is 2. The first kappa shape index (κ1) is 16.6. The van der Waals surface area contributed by atoms with Crippen LogP contribution in [0.3, 0.4) is 0 Å². The minimum absolute atomic E-state index is 0.227. The maximum absolute atomic E-state index is 11.6. The van der Waals surface area contributed by atoms with Crippen LogP contribution < -0.4 is 5.32 Å². The van der Waals surface area contributed by atoms with E-state index in [1.54, 1.807) is 0 Å². The average molecular weight is 346 g/mol. The number of carbonyl (C=O) groups is 1. The van der Waals surface area contributed by atoms with Crippen LogP contribution in [0, 0.1) is 39.9 Å². The van der Waals surface area contributed by atoms with Crippen LogP contribution in [-0.4, -0.2) is 23.2 Å². The van der Waals surface area contributed by atoms with Gasteiger partial charge in [-0.25, -0.2) is 0 Å². The third kappa shape index (κ3) is 1.71. The molecule has 2 saturated heterocycles. The molecule has 4 saturated carbocycles. The van der Waals surface area contributed by atoms with E-state index in [9.17, 15) is 9.90 Å². The zero-order valence-corrected chi connectivity index (χ0v) is 16.2. The van der Waals surface area contributed by atoms with E-state index in [0.717, 1.165) is 30.2 Å². The summed E-state index contributed by atoms with van der Waals surface area (Å²) >= 11 is 0. The Morgan fingerprint density at radius 3 is 2.68 bits per heavy atom. The summed E-state index contributed by atoms with van der Waals surface area (Å²) < 4.78 is 0. The Morgan fingerprint density at radius 1 is 1.16 bits per heavy atom. The summed E-state index contributed by atoms with van der Waals surface area (Å²) in [4.78, 5) is 11.6. The van der Waals surface area contributed by atoms with Crippen LogP contribution in [0.15, 0.2) is 0 Å². The van der Waals surface area contributed by atoms with Gasteiger partial charge in [-0.2, -0.15) is 0 Å². The monoisotopic (exact) mass is 345 g/mol. The molecule has 0 amide bonds. The molecule has 6 bridgehead atoms. The highest BCUT2D eigenvalue weighted by atomic mass is 16.4. The van der Waals surface area contributed by atoms with Gasteiger partial charge in [-0.3, -0.25) is 4.79 Å². The molecule has 0 radical (unpaired) electrons. The van der Waals surface area contributed by atoms with E-state index in [1.165, 1.54) is 44.9 Å². The van der Waals surface area contributed by atoms with Crippen LogP contribution in [0.2, 0.25) is 0 Å². The number of hydrogen-bond donors (Lipinski definition) is 2. The first-order valence-corrected chi connectivity index (χ1v) is 10.8. The van der Waals surface area contributed by atoms with Crippen molar-refractivity contribution >= 4 is 5.97 Å². The fraction of sp³-hybridized carbons (Fsp3) is 0.955. The van der Waals surface area contributed by atoms with E-state index >= 15 is 0 Å². The molecule has 3 nitrogen and oxygen atoms in total. The second-order valence-corrected chi connectivity index (χ2v) is 10.7. The minimum Gasteiger partial charge on any atom is -0.481 e. The molecule has 0 aromatic carbocycles. The van der Waals surface area contributed by atoms with E-state index < -0.39 is 5.97 Å². The topological polar surface area (TPSA) is 49.3 Å². The quantitative estimate of drug-likeness (QED) is 0.791. The highest BCUT2D eigenvalue weighted by Crippen LogP contribution is 2.80. The molecule has 0 aromatic rings. The third-order valence-electron chi connectivity index (χ3n) is 10.2. The number of carboxylic acid groups (broad SMARTS) is 1. The van der Waals surface area contributed by atoms with Gasteiger partial charge in [-0.1, -0.05) is 27.2 Å². The molecule has 2 heterocycles. The Kier molecular flexibility index (Phi) is 3.34. The first-order chi connectivity index (χ1) is 11.9. The van der Waals surface area contributed by atoms with Gasteiger partial charge < -0.3 is 10.4 Å². The van der Waals surface area contributed by atoms with E-state index in [4.69, 9.17) is 0 Å². The molecule has 2 N–H and O–H groups in total. The first-order valence-electron chi connectivity index (χ1n) is 10.8. The number of aliphatic carboxylic acids is 1. The molecule has 6 rings (SSSR count). The maximum Gasteiger partial charge on any atom is 0.303 e. The Balaban J connectivity index is 1.68. The van der Waals surface area contributed by atoms with E-state index in [-0.39, 0.29) is 5.41 Å². The predicted molar refractivity (Wildman–Crippen MR) is 98.2 cm³/mol. The zero-order chi connectivity index (χ0) is 17.6. The van der Waals surface area contributed by atoms with Crippen molar-refractivity contribution in [1.82, 2.24) is 5.32 Å². The van der Waals surface area contributed by atoms with Gasteiger partial charge in [0, 0.05) is 18.5 Å². The Labute approximate surface area is 152 Å². The Hall–Kier alpha value is -0.570. The highest BCUT2D eigenvalue weighted by molar-refractivity contribution is 5.66. The molecule has 2 aliphatic heterocycles. The molecule has 1 spiro atoms. The summed E-state index contributed by atoms with van der Waals surface area (Å²) in [5.41, 5.74) is 1.10. The van der Waals surface area contributed by atoms with Gasteiger partial charge in [0.2, 0.25) is 0 Å². The lowest BCUT2D eigenvalue weighted by molar-refractivity contribution is -0.247. The lowest BCUT2D eigenvalue weighted by Crippen LogP contribution is -2.80. The van der Waals surface area contributed by atoms with E-state index in [0.29, 0.717) is 29.2 Å². The SMILES string of the molecule is CC(C)C1CCC2(C)C3CCC45CCCC4C2(CCC(=O)O)C1NC35. The van der Waals surface area contributed by atoms with Crippen molar-refractivity contribution in [2.45, 2.75) is 90.6 Å². The van der Waals surface area contributed by atoms with Gasteiger partial charge in [0.05, 0.1) is 0 Å². The van der Waals surface area contributed by atoms with Crippen molar-refractivity contribution in [2.24, 2.45) is 39.9 Å². The van der Waals surface area contributed by atoms with Crippen molar-refractivity contribution < 1.29 is 9.90 Å². The van der Waals surface area contributed by atoms with Gasteiger partial charge in [-0.15, -0.1) is 0 Å². The van der Waals surface area contributed by atoms with Crippen LogP contribution >= 0.6 is 0 Å². The van der Waals surface area contributed by atoms with Gasteiger partial charge in [0.15, 0.2) is 0 Å². The molecule has 8 unspecified atom stereocenters. The fourth-order valence-electron chi connectivity index (χ4n) is 9.52. The lowest BCUT2D eigenvalue weighted by Gasteiger charge is -2.76. The van der Waals surface area contributed by atoms with Crippen LogP contribution in [0.1, 0.15) is 78.6 Å².